The Morgan fingerprint density at radius 2 is 1.43 bits per heavy atom. The zero-order valence-corrected chi connectivity index (χ0v) is 17.0. The van der Waals surface area contributed by atoms with Crippen LogP contribution in [-0.2, 0) is 0 Å². The van der Waals surface area contributed by atoms with Crippen molar-refractivity contribution in [2.75, 3.05) is 0 Å². The molecule has 3 heteroatoms. The number of aryl methyl sites for hydroxylation is 2. The molecule has 0 spiro atoms. The molecule has 0 aliphatic heterocycles. The highest BCUT2D eigenvalue weighted by molar-refractivity contribution is 5.97. The van der Waals surface area contributed by atoms with Crippen LogP contribution in [0.2, 0.25) is 0 Å². The lowest BCUT2D eigenvalue weighted by atomic mass is 9.97. The summed E-state index contributed by atoms with van der Waals surface area (Å²) in [6.45, 7) is 4.36. The molecule has 0 N–H and O–H groups in total. The minimum Gasteiger partial charge on any atom is -0.298 e. The lowest BCUT2D eigenvalue weighted by Crippen LogP contribution is -2.01. The van der Waals surface area contributed by atoms with Gasteiger partial charge in [0.05, 0.1) is 22.2 Å². The smallest absolute Gasteiger partial charge is 0.122 e. The topological polar surface area (TPSA) is 22.2 Å². The van der Waals surface area contributed by atoms with Crippen LogP contribution in [0.15, 0.2) is 91.1 Å². The number of pyridine rings is 1. The van der Waals surface area contributed by atoms with Crippen LogP contribution in [-0.4, -0.2) is 14.0 Å². The van der Waals surface area contributed by atoms with Crippen molar-refractivity contribution in [1.29, 1.82) is 0 Å². The molecule has 0 bridgehead atoms. The summed E-state index contributed by atoms with van der Waals surface area (Å²) in [4.78, 5) is 4.72. The Morgan fingerprint density at radius 3 is 2.33 bits per heavy atom. The number of imidazole rings is 1. The van der Waals surface area contributed by atoms with Gasteiger partial charge in [-0.25, -0.2) is 0 Å². The van der Waals surface area contributed by atoms with E-state index in [1.54, 1.807) is 0 Å². The molecule has 3 heterocycles. The molecule has 144 valence electrons. The van der Waals surface area contributed by atoms with Gasteiger partial charge in [0.15, 0.2) is 0 Å². The summed E-state index contributed by atoms with van der Waals surface area (Å²) < 4.78 is 4.74. The van der Waals surface area contributed by atoms with Gasteiger partial charge < -0.3 is 0 Å². The summed E-state index contributed by atoms with van der Waals surface area (Å²) in [5, 5.41) is 1.16. The van der Waals surface area contributed by atoms with Gasteiger partial charge in [-0.2, -0.15) is 0 Å². The molecule has 3 aromatic heterocycles. The Kier molecular flexibility index (Phi) is 3.59. The molecule has 30 heavy (non-hydrogen) atoms. The number of aromatic nitrogens is 3. The lowest BCUT2D eigenvalue weighted by Gasteiger charge is -2.17. The molecule has 0 atom stereocenters. The van der Waals surface area contributed by atoms with E-state index in [0.717, 1.165) is 16.5 Å². The highest BCUT2D eigenvalue weighted by Gasteiger charge is 2.19. The third-order valence-electron chi connectivity index (χ3n) is 6.03. The standard InChI is InChI=1S/C27H21N3/c1-18-8-5-12-22(21-11-6-9-20-10-7-17-28-26(20)21)27(18)30-24-14-4-3-13-23(24)29-19(2)15-16-25(29)30/h3-17H,1-2H3. The molecule has 0 unspecified atom stereocenters. The van der Waals surface area contributed by atoms with Gasteiger partial charge in [-0.3, -0.25) is 14.0 Å². The van der Waals surface area contributed by atoms with Crippen LogP contribution in [0.25, 0.3) is 44.4 Å². The molecule has 0 amide bonds. The van der Waals surface area contributed by atoms with Crippen LogP contribution in [0.4, 0.5) is 0 Å². The maximum atomic E-state index is 4.72. The normalized spacial score (nSPS) is 11.7. The summed E-state index contributed by atoms with van der Waals surface area (Å²) in [6, 6.07) is 30.1. The molecule has 6 aromatic rings. The second-order valence-corrected chi connectivity index (χ2v) is 7.84. The number of fused-ring (bicyclic) bond motifs is 4. The molecule has 3 nitrogen and oxygen atoms in total. The Labute approximate surface area is 174 Å². The zero-order valence-electron chi connectivity index (χ0n) is 17.0. The van der Waals surface area contributed by atoms with Crippen molar-refractivity contribution in [2.45, 2.75) is 13.8 Å². The first kappa shape index (κ1) is 17.0. The van der Waals surface area contributed by atoms with Crippen LogP contribution in [0.5, 0.6) is 0 Å². The molecular formula is C27H21N3. The third kappa shape index (κ3) is 2.29. The summed E-state index contributed by atoms with van der Waals surface area (Å²) in [7, 11) is 0. The lowest BCUT2D eigenvalue weighted by molar-refractivity contribution is 1.10. The zero-order chi connectivity index (χ0) is 20.2. The highest BCUT2D eigenvalue weighted by atomic mass is 15.1. The van der Waals surface area contributed by atoms with Gasteiger partial charge in [0, 0.05) is 28.4 Å². The first-order valence-electron chi connectivity index (χ1n) is 10.3. The maximum Gasteiger partial charge on any atom is 0.122 e. The fourth-order valence-corrected chi connectivity index (χ4v) is 4.71. The first-order valence-corrected chi connectivity index (χ1v) is 10.3. The van der Waals surface area contributed by atoms with Crippen LogP contribution < -0.4 is 0 Å². The molecule has 0 aliphatic carbocycles. The van der Waals surface area contributed by atoms with E-state index in [1.807, 2.05) is 12.3 Å². The van der Waals surface area contributed by atoms with E-state index in [4.69, 9.17) is 4.98 Å². The highest BCUT2D eigenvalue weighted by Crippen LogP contribution is 2.37. The molecule has 0 aliphatic rings. The van der Waals surface area contributed by atoms with Gasteiger partial charge in [-0.1, -0.05) is 54.6 Å². The molecule has 3 aromatic carbocycles. The fourth-order valence-electron chi connectivity index (χ4n) is 4.71. The van der Waals surface area contributed by atoms with E-state index < -0.39 is 0 Å². The Balaban J connectivity index is 1.78. The van der Waals surface area contributed by atoms with E-state index >= 15 is 0 Å². The Hall–Kier alpha value is -3.85. The van der Waals surface area contributed by atoms with Crippen LogP contribution in [0.3, 0.4) is 0 Å². The monoisotopic (exact) mass is 387 g/mol. The van der Waals surface area contributed by atoms with Gasteiger partial charge >= 0.3 is 0 Å². The molecule has 0 radical (unpaired) electrons. The number of hydrogen-bond donors (Lipinski definition) is 0. The summed E-state index contributed by atoms with van der Waals surface area (Å²) in [5.74, 6) is 0. The van der Waals surface area contributed by atoms with Gasteiger partial charge in [0.2, 0.25) is 0 Å². The van der Waals surface area contributed by atoms with Gasteiger partial charge in [0.25, 0.3) is 0 Å². The molecule has 0 saturated carbocycles. The summed E-state index contributed by atoms with van der Waals surface area (Å²) in [6.07, 6.45) is 1.88. The van der Waals surface area contributed by atoms with Crippen molar-refractivity contribution in [3.8, 4) is 16.8 Å². The average molecular weight is 387 g/mol. The summed E-state index contributed by atoms with van der Waals surface area (Å²) in [5.41, 5.74) is 10.7. The van der Waals surface area contributed by atoms with E-state index in [1.165, 1.54) is 39.2 Å². The van der Waals surface area contributed by atoms with Crippen molar-refractivity contribution in [2.24, 2.45) is 0 Å². The third-order valence-corrected chi connectivity index (χ3v) is 6.03. The van der Waals surface area contributed by atoms with E-state index in [-0.39, 0.29) is 0 Å². The minimum absolute atomic E-state index is 1.03. The predicted octanol–water partition coefficient (Wildman–Crippen LogP) is 6.72. The van der Waals surface area contributed by atoms with Crippen molar-refractivity contribution in [3.05, 3.63) is 102 Å². The largest absolute Gasteiger partial charge is 0.298 e. The Morgan fingerprint density at radius 1 is 0.667 bits per heavy atom. The number of benzene rings is 3. The minimum atomic E-state index is 1.03. The second-order valence-electron chi connectivity index (χ2n) is 7.84. The SMILES string of the molecule is Cc1cccc(-c2cccc3cccnc23)c1-n1c2ccccc2n2c(C)ccc12. The van der Waals surface area contributed by atoms with Gasteiger partial charge in [-0.15, -0.1) is 0 Å². The van der Waals surface area contributed by atoms with Crippen LogP contribution in [0.1, 0.15) is 11.3 Å². The van der Waals surface area contributed by atoms with Crippen LogP contribution in [0, 0.1) is 13.8 Å². The molecular weight excluding hydrogens is 366 g/mol. The van der Waals surface area contributed by atoms with E-state index in [0.29, 0.717) is 0 Å². The van der Waals surface area contributed by atoms with Gasteiger partial charge in [-0.05, 0) is 49.7 Å². The van der Waals surface area contributed by atoms with E-state index in [2.05, 4.69) is 102 Å². The van der Waals surface area contributed by atoms with Crippen molar-refractivity contribution in [1.82, 2.24) is 14.0 Å². The maximum absolute atomic E-state index is 4.72. The summed E-state index contributed by atoms with van der Waals surface area (Å²) >= 11 is 0. The Bertz CT molecular complexity index is 1560. The number of nitrogens with zero attached hydrogens (tertiary/aromatic N) is 3. The van der Waals surface area contributed by atoms with Crippen molar-refractivity contribution >= 4 is 27.6 Å². The fraction of sp³-hybridized carbons (Fsp3) is 0.0741. The second kappa shape index (κ2) is 6.33. The van der Waals surface area contributed by atoms with Crippen molar-refractivity contribution < 1.29 is 0 Å². The number of rotatable bonds is 2. The average Bonchev–Trinajstić information content (AvgIpc) is 3.31. The molecule has 6 rings (SSSR count). The van der Waals surface area contributed by atoms with Gasteiger partial charge in [0.1, 0.15) is 5.65 Å². The molecule has 0 fully saturated rings. The number of para-hydroxylation sites is 4. The van der Waals surface area contributed by atoms with Crippen LogP contribution >= 0.6 is 0 Å². The quantitative estimate of drug-likeness (QED) is 0.323. The van der Waals surface area contributed by atoms with Crippen molar-refractivity contribution in [3.63, 3.8) is 0 Å². The first-order chi connectivity index (χ1) is 14.7. The predicted molar refractivity (Wildman–Crippen MR) is 124 cm³/mol. The molecule has 0 saturated heterocycles. The van der Waals surface area contributed by atoms with E-state index in [9.17, 15) is 0 Å². The number of hydrogen-bond acceptors (Lipinski definition) is 1.